The maximum absolute atomic E-state index is 12.8. The lowest BCUT2D eigenvalue weighted by Crippen LogP contribution is -2.33. The third kappa shape index (κ3) is 6.78. The molecule has 1 unspecified atom stereocenters. The number of fused-ring (bicyclic) bond motifs is 1. The average molecular weight is 430 g/mol. The molecule has 1 atom stereocenters. The molecule has 1 aliphatic heterocycles. The molecule has 0 radical (unpaired) electrons. The number of nitrogens with one attached hydrogen (secondary N) is 2. The third-order valence-corrected chi connectivity index (χ3v) is 5.75. The summed E-state index contributed by atoms with van der Waals surface area (Å²) in [7, 11) is 0. The van der Waals surface area contributed by atoms with Crippen LogP contribution in [-0.4, -0.2) is 42.4 Å². The van der Waals surface area contributed by atoms with Crippen LogP contribution in [-0.2, 0) is 15.8 Å². The van der Waals surface area contributed by atoms with Crippen LogP contribution in [0.1, 0.15) is 39.2 Å². The zero-order valence-corrected chi connectivity index (χ0v) is 17.5. The number of benzene rings is 1. The molecule has 2 rings (SSSR count). The molecule has 5 nitrogen and oxygen atoms in total. The van der Waals surface area contributed by atoms with E-state index in [1.165, 1.54) is 12.1 Å². The largest absolute Gasteiger partial charge is 0.416 e. The van der Waals surface area contributed by atoms with Gasteiger partial charge in [0, 0.05) is 17.0 Å². The van der Waals surface area contributed by atoms with Gasteiger partial charge in [-0.2, -0.15) is 13.2 Å². The number of hydrogen-bond donors (Lipinski definition) is 2. The molecule has 0 aromatic heterocycles. The number of carbonyl (C=O) groups is 2. The van der Waals surface area contributed by atoms with E-state index in [1.54, 1.807) is 0 Å². The molecule has 1 aromatic rings. The van der Waals surface area contributed by atoms with Crippen molar-refractivity contribution in [1.29, 1.82) is 0 Å². The minimum absolute atomic E-state index is 0.0480. The summed E-state index contributed by atoms with van der Waals surface area (Å²) in [5.41, 5.74) is -0.738. The standard InChI is InChI=1S/C20H26F3N3O2S/c1-4-26(5-2)10-6-7-13(3)24-18(27)12-17-19(28)25-15-11-14(20(21,22)23)8-9-16(15)29-17/h8-9,11-13H,4-7,10H2,1-3H3,(H,24,27)(H,25,28)/b17-12+. The summed E-state index contributed by atoms with van der Waals surface area (Å²) in [5, 5.41) is 5.26. The first kappa shape index (κ1) is 23.3. The predicted octanol–water partition coefficient (Wildman–Crippen LogP) is 4.26. The fourth-order valence-electron chi connectivity index (χ4n) is 2.97. The van der Waals surface area contributed by atoms with Crippen LogP contribution >= 0.6 is 11.8 Å². The second-order valence-corrected chi connectivity index (χ2v) is 7.94. The van der Waals surface area contributed by atoms with Crippen molar-refractivity contribution in [2.24, 2.45) is 0 Å². The van der Waals surface area contributed by atoms with Gasteiger partial charge in [-0.1, -0.05) is 25.6 Å². The number of alkyl halides is 3. The molecule has 0 spiro atoms. The van der Waals surface area contributed by atoms with E-state index in [1.807, 2.05) is 6.92 Å². The summed E-state index contributed by atoms with van der Waals surface area (Å²) in [4.78, 5) is 27.3. The van der Waals surface area contributed by atoms with Crippen LogP contribution < -0.4 is 10.6 Å². The first-order valence-electron chi connectivity index (χ1n) is 9.59. The molecule has 9 heteroatoms. The summed E-state index contributed by atoms with van der Waals surface area (Å²) in [5.74, 6) is -0.987. The van der Waals surface area contributed by atoms with Gasteiger partial charge in [0.15, 0.2) is 0 Å². The first-order valence-corrected chi connectivity index (χ1v) is 10.4. The molecule has 0 aliphatic carbocycles. The lowest BCUT2D eigenvalue weighted by atomic mass is 10.1. The van der Waals surface area contributed by atoms with Crippen molar-refractivity contribution < 1.29 is 22.8 Å². The van der Waals surface area contributed by atoms with Crippen molar-refractivity contribution in [1.82, 2.24) is 10.2 Å². The normalized spacial score (nSPS) is 16.5. The van der Waals surface area contributed by atoms with Crippen molar-refractivity contribution in [3.05, 3.63) is 34.7 Å². The average Bonchev–Trinajstić information content (AvgIpc) is 2.64. The Bertz CT molecular complexity index is 777. The monoisotopic (exact) mass is 429 g/mol. The number of thioether (sulfide) groups is 1. The molecule has 0 saturated heterocycles. The lowest BCUT2D eigenvalue weighted by Gasteiger charge is -2.21. The lowest BCUT2D eigenvalue weighted by molar-refractivity contribution is -0.137. The van der Waals surface area contributed by atoms with Crippen LogP contribution in [0.3, 0.4) is 0 Å². The third-order valence-electron chi connectivity index (χ3n) is 4.66. The van der Waals surface area contributed by atoms with Crippen molar-refractivity contribution in [3.8, 4) is 0 Å². The van der Waals surface area contributed by atoms with E-state index < -0.39 is 23.6 Å². The molecule has 29 heavy (non-hydrogen) atoms. The Morgan fingerprint density at radius 3 is 2.62 bits per heavy atom. The number of rotatable bonds is 8. The van der Waals surface area contributed by atoms with Gasteiger partial charge in [-0.3, -0.25) is 9.59 Å². The molecule has 2 N–H and O–H groups in total. The minimum atomic E-state index is -4.48. The second kappa shape index (κ2) is 10.2. The van der Waals surface area contributed by atoms with Gasteiger partial charge in [0.05, 0.1) is 16.2 Å². The highest BCUT2D eigenvalue weighted by Crippen LogP contribution is 2.41. The summed E-state index contributed by atoms with van der Waals surface area (Å²) >= 11 is 0.982. The van der Waals surface area contributed by atoms with E-state index in [9.17, 15) is 22.8 Å². The van der Waals surface area contributed by atoms with Gasteiger partial charge in [-0.05, 0) is 57.6 Å². The Hall–Kier alpha value is -2.00. The Morgan fingerprint density at radius 2 is 2.00 bits per heavy atom. The van der Waals surface area contributed by atoms with Crippen LogP contribution in [0, 0.1) is 0 Å². The Kier molecular flexibility index (Phi) is 8.15. The Balaban J connectivity index is 1.95. The van der Waals surface area contributed by atoms with Gasteiger partial charge in [0.1, 0.15) is 0 Å². The SMILES string of the molecule is CCN(CC)CCCC(C)NC(=O)/C=C1/Sc2ccc(C(F)(F)F)cc2NC1=O. The van der Waals surface area contributed by atoms with Crippen LogP contribution in [0.4, 0.5) is 18.9 Å². The highest BCUT2D eigenvalue weighted by molar-refractivity contribution is 8.04. The van der Waals surface area contributed by atoms with E-state index in [4.69, 9.17) is 0 Å². The quantitative estimate of drug-likeness (QED) is 0.606. The zero-order valence-electron chi connectivity index (χ0n) is 16.7. The van der Waals surface area contributed by atoms with Gasteiger partial charge in [-0.25, -0.2) is 0 Å². The Labute approximate surface area is 173 Å². The molecule has 0 fully saturated rings. The zero-order chi connectivity index (χ0) is 21.6. The van der Waals surface area contributed by atoms with Crippen molar-refractivity contribution in [2.45, 2.75) is 50.7 Å². The van der Waals surface area contributed by atoms with Crippen LogP contribution in [0.25, 0.3) is 0 Å². The highest BCUT2D eigenvalue weighted by atomic mass is 32.2. The predicted molar refractivity (Wildman–Crippen MR) is 109 cm³/mol. The number of nitrogens with zero attached hydrogens (tertiary/aromatic N) is 1. The maximum Gasteiger partial charge on any atom is 0.416 e. The molecule has 1 aromatic carbocycles. The van der Waals surface area contributed by atoms with E-state index in [2.05, 4.69) is 29.4 Å². The van der Waals surface area contributed by atoms with E-state index in [0.717, 1.165) is 56.4 Å². The van der Waals surface area contributed by atoms with Gasteiger partial charge < -0.3 is 15.5 Å². The summed E-state index contributed by atoms with van der Waals surface area (Å²) in [6.45, 7) is 9.05. The molecule has 1 aliphatic rings. The summed E-state index contributed by atoms with van der Waals surface area (Å²) in [6.07, 6.45) is -1.53. The van der Waals surface area contributed by atoms with E-state index in [0.29, 0.717) is 4.90 Å². The Morgan fingerprint density at radius 1 is 1.31 bits per heavy atom. The summed E-state index contributed by atoms with van der Waals surface area (Å²) < 4.78 is 38.4. The molecule has 2 amide bonds. The van der Waals surface area contributed by atoms with Gasteiger partial charge in [-0.15, -0.1) is 0 Å². The van der Waals surface area contributed by atoms with Gasteiger partial charge >= 0.3 is 6.18 Å². The van der Waals surface area contributed by atoms with Crippen LogP contribution in [0.2, 0.25) is 0 Å². The van der Waals surface area contributed by atoms with Gasteiger partial charge in [0.25, 0.3) is 5.91 Å². The summed E-state index contributed by atoms with van der Waals surface area (Å²) in [6, 6.07) is 3.10. The number of carbonyl (C=O) groups excluding carboxylic acids is 2. The first-order chi connectivity index (χ1) is 13.6. The van der Waals surface area contributed by atoms with Crippen molar-refractivity contribution >= 4 is 29.3 Å². The van der Waals surface area contributed by atoms with Crippen LogP contribution in [0.5, 0.6) is 0 Å². The molecular weight excluding hydrogens is 403 g/mol. The van der Waals surface area contributed by atoms with E-state index >= 15 is 0 Å². The van der Waals surface area contributed by atoms with Gasteiger partial charge in [0.2, 0.25) is 5.91 Å². The topological polar surface area (TPSA) is 61.4 Å². The van der Waals surface area contributed by atoms with Crippen molar-refractivity contribution in [3.63, 3.8) is 0 Å². The fourth-order valence-corrected chi connectivity index (χ4v) is 3.88. The van der Waals surface area contributed by atoms with Crippen LogP contribution in [0.15, 0.2) is 34.1 Å². The number of halogens is 3. The molecule has 1 heterocycles. The second-order valence-electron chi connectivity index (χ2n) is 6.85. The molecule has 0 saturated carbocycles. The molecule has 160 valence electrons. The molecular formula is C20H26F3N3O2S. The number of anilines is 1. The number of hydrogen-bond acceptors (Lipinski definition) is 4. The fraction of sp³-hybridized carbons (Fsp3) is 0.500. The smallest absolute Gasteiger partial charge is 0.350 e. The maximum atomic E-state index is 12.8. The molecule has 0 bridgehead atoms. The minimum Gasteiger partial charge on any atom is -0.350 e. The van der Waals surface area contributed by atoms with E-state index in [-0.39, 0.29) is 16.6 Å². The van der Waals surface area contributed by atoms with Crippen molar-refractivity contribution in [2.75, 3.05) is 25.0 Å². The number of amides is 2. The highest BCUT2D eigenvalue weighted by Gasteiger charge is 2.32.